The van der Waals surface area contributed by atoms with Crippen LogP contribution in [0.1, 0.15) is 0 Å². The zero-order valence-corrected chi connectivity index (χ0v) is 4.38. The van der Waals surface area contributed by atoms with Gasteiger partial charge in [-0.25, -0.2) is 0 Å². The summed E-state index contributed by atoms with van der Waals surface area (Å²) in [6.45, 7) is 0. The molecule has 0 saturated carbocycles. The molecular weight excluding hydrogens is 139 g/mol. The minimum atomic E-state index is 0.772. The topological polar surface area (TPSA) is 0 Å². The van der Waals surface area contributed by atoms with Gasteiger partial charge in [0.2, 0.25) is 0 Å². The molecule has 0 aromatic carbocycles. The minimum Gasteiger partial charge on any atom is -0.120 e. The van der Waals surface area contributed by atoms with Crippen molar-refractivity contribution in [2.75, 3.05) is 5.33 Å². The lowest BCUT2D eigenvalue weighted by atomic mass is 11.0. The summed E-state index contributed by atoms with van der Waals surface area (Å²) in [5, 5.41) is 0.772. The van der Waals surface area contributed by atoms with Gasteiger partial charge in [-0.2, -0.15) is 0 Å². The van der Waals surface area contributed by atoms with E-state index in [1.807, 2.05) is 0 Å². The van der Waals surface area contributed by atoms with Gasteiger partial charge in [-0.3, -0.25) is 0 Å². The van der Waals surface area contributed by atoms with Crippen molar-refractivity contribution < 1.29 is 0 Å². The van der Waals surface area contributed by atoms with Gasteiger partial charge in [0.25, 0.3) is 0 Å². The van der Waals surface area contributed by atoms with Crippen LogP contribution in [0.5, 0.6) is 0 Å². The third-order valence-electron chi connectivity index (χ3n) is 0.0583. The van der Waals surface area contributed by atoms with Gasteiger partial charge in [0, 0.05) is 5.33 Å². The first-order valence-corrected chi connectivity index (χ1v) is 2.45. The van der Waals surface area contributed by atoms with E-state index < -0.39 is 0 Å². The Kier molecular flexibility index (Phi) is 4.50. The van der Waals surface area contributed by atoms with Crippen molar-refractivity contribution in [3.63, 3.8) is 0 Å². The molecule has 0 heterocycles. The molecule has 25 valence electrons. The Labute approximate surface area is 39.3 Å². The summed E-state index contributed by atoms with van der Waals surface area (Å²) < 4.78 is 0. The van der Waals surface area contributed by atoms with Crippen LogP contribution in [0.2, 0.25) is 0 Å². The average molecular weight is 142 g/mol. The maximum Gasteiger partial charge on any atom is 0.0604 e. The maximum absolute atomic E-state index is 5.01. The Morgan fingerprint density at radius 2 is 2.25 bits per heavy atom. The molecule has 0 spiro atoms. The predicted octanol–water partition coefficient (Wildman–Crippen LogP) is 1.78. The lowest BCUT2D eigenvalue weighted by Gasteiger charge is -1.62. The molecule has 0 bridgehead atoms. The quantitative estimate of drug-likeness (QED) is 0.490. The molecule has 0 aliphatic carbocycles. The van der Waals surface area contributed by atoms with Gasteiger partial charge < -0.3 is 0 Å². The van der Waals surface area contributed by atoms with E-state index in [1.165, 1.54) is 5.88 Å². The minimum absolute atomic E-state index is 0.772. The third-order valence-corrected chi connectivity index (χ3v) is 0.909. The highest BCUT2D eigenvalue weighted by molar-refractivity contribution is 9.09. The Balaban J connectivity index is 1.97. The summed E-state index contributed by atoms with van der Waals surface area (Å²) in [5.74, 6) is 1.51. The van der Waals surface area contributed by atoms with Crippen molar-refractivity contribution in [2.45, 2.75) is 0 Å². The Bertz CT molecular complexity index is 8.00. The largest absolute Gasteiger partial charge is 0.120 e. The summed E-state index contributed by atoms with van der Waals surface area (Å²) >= 11 is 8.07. The molecule has 0 atom stereocenters. The van der Waals surface area contributed by atoms with E-state index in [4.69, 9.17) is 11.6 Å². The molecule has 0 N–H and O–H groups in total. The monoisotopic (exact) mass is 141 g/mol. The van der Waals surface area contributed by atoms with E-state index in [2.05, 4.69) is 15.9 Å². The van der Waals surface area contributed by atoms with Crippen LogP contribution in [0.25, 0.3) is 0 Å². The van der Waals surface area contributed by atoms with Crippen molar-refractivity contribution in [3.8, 4) is 0 Å². The van der Waals surface area contributed by atoms with E-state index >= 15 is 0 Å². The summed E-state index contributed by atoms with van der Waals surface area (Å²) in [6.07, 6.45) is 0. The zero-order valence-electron chi connectivity index (χ0n) is 2.04. The van der Waals surface area contributed by atoms with Crippen LogP contribution in [-0.4, -0.2) is 5.33 Å². The summed E-state index contributed by atoms with van der Waals surface area (Å²) in [6, 6.07) is 0. The van der Waals surface area contributed by atoms with Crippen molar-refractivity contribution in [1.82, 2.24) is 0 Å². The number of halogens is 2. The molecule has 0 aromatic heterocycles. The van der Waals surface area contributed by atoms with Crippen molar-refractivity contribution >= 4 is 27.5 Å². The molecule has 0 aliphatic heterocycles. The van der Waals surface area contributed by atoms with Crippen LogP contribution < -0.4 is 0 Å². The normalized spacial score (nSPS) is 7.50. The fraction of sp³-hybridized carbons (Fsp3) is 0.500. The van der Waals surface area contributed by atoms with Crippen LogP contribution in [0.3, 0.4) is 0 Å². The third kappa shape index (κ3) is 2.77. The zero-order chi connectivity index (χ0) is 3.41. The second kappa shape index (κ2) is 3.77. The number of hydrogen-bond donors (Lipinski definition) is 0. The molecule has 0 amide bonds. The van der Waals surface area contributed by atoms with E-state index in [0.717, 1.165) is 5.33 Å². The Morgan fingerprint density at radius 3 is 2.25 bits per heavy atom. The molecule has 0 aliphatic rings. The van der Waals surface area contributed by atoms with Crippen LogP contribution >= 0.6 is 27.5 Å². The molecule has 2 heteroatoms. The molecule has 0 nitrogen and oxygen atoms in total. The highest BCUT2D eigenvalue weighted by Gasteiger charge is 1.62. The summed E-state index contributed by atoms with van der Waals surface area (Å²) in [4.78, 5) is 0. The van der Waals surface area contributed by atoms with E-state index in [0.29, 0.717) is 0 Å². The molecule has 0 saturated heterocycles. The summed E-state index contributed by atoms with van der Waals surface area (Å²) in [7, 11) is 0. The van der Waals surface area contributed by atoms with Crippen LogP contribution in [-0.2, 0) is 0 Å². The lowest BCUT2D eigenvalue weighted by Crippen LogP contribution is -1.51. The van der Waals surface area contributed by atoms with Crippen molar-refractivity contribution in [3.05, 3.63) is 5.88 Å². The number of rotatable bonds is 1. The number of alkyl halides is 1. The lowest BCUT2D eigenvalue weighted by molar-refractivity contribution is 1.79. The molecular formula is C2H3BrCl. The second-order valence-corrected chi connectivity index (χ2v) is 1.26. The van der Waals surface area contributed by atoms with Crippen LogP contribution in [0, 0.1) is 5.88 Å². The maximum atomic E-state index is 5.01. The smallest absolute Gasteiger partial charge is 0.0604 e. The van der Waals surface area contributed by atoms with Gasteiger partial charge in [-0.1, -0.05) is 15.9 Å². The van der Waals surface area contributed by atoms with Crippen molar-refractivity contribution in [2.24, 2.45) is 0 Å². The molecule has 0 unspecified atom stereocenters. The van der Waals surface area contributed by atoms with Crippen LogP contribution in [0.4, 0.5) is 0 Å². The SMILES string of the molecule is Cl[CH]CBr. The first kappa shape index (κ1) is 4.77. The van der Waals surface area contributed by atoms with Gasteiger partial charge >= 0.3 is 0 Å². The molecule has 0 fully saturated rings. The highest BCUT2D eigenvalue weighted by Crippen LogP contribution is 1.86. The van der Waals surface area contributed by atoms with Crippen LogP contribution in [0.15, 0.2) is 0 Å². The highest BCUT2D eigenvalue weighted by atomic mass is 79.9. The van der Waals surface area contributed by atoms with Gasteiger partial charge in [-0.05, 0) is 0 Å². The van der Waals surface area contributed by atoms with Crippen molar-refractivity contribution in [1.29, 1.82) is 0 Å². The molecule has 4 heavy (non-hydrogen) atoms. The summed E-state index contributed by atoms with van der Waals surface area (Å²) in [5.41, 5.74) is 0. The molecule has 1 radical (unpaired) electrons. The van der Waals surface area contributed by atoms with E-state index in [9.17, 15) is 0 Å². The van der Waals surface area contributed by atoms with Gasteiger partial charge in [-0.15, -0.1) is 11.6 Å². The fourth-order valence-corrected chi connectivity index (χ4v) is 0. The fourth-order valence-electron chi connectivity index (χ4n) is 0. The van der Waals surface area contributed by atoms with E-state index in [1.54, 1.807) is 0 Å². The Hall–Kier alpha value is 0.770. The van der Waals surface area contributed by atoms with Gasteiger partial charge in [0.05, 0.1) is 5.88 Å². The molecule has 0 aromatic rings. The van der Waals surface area contributed by atoms with Gasteiger partial charge in [0.1, 0.15) is 0 Å². The van der Waals surface area contributed by atoms with Gasteiger partial charge in [0.15, 0.2) is 0 Å². The average Bonchev–Trinajstić information content (AvgIpc) is 1.37. The van der Waals surface area contributed by atoms with E-state index in [-0.39, 0.29) is 0 Å². The Morgan fingerprint density at radius 1 is 2.00 bits per heavy atom. The molecule has 0 rings (SSSR count). The number of hydrogen-bond acceptors (Lipinski definition) is 0. The first-order valence-electron chi connectivity index (χ1n) is 0.894. The standard InChI is InChI=1S/C2H3BrCl/c3-1-2-4/h2H,1H2. The predicted molar refractivity (Wildman–Crippen MR) is 23.9 cm³/mol. The first-order chi connectivity index (χ1) is 1.91. The second-order valence-electron chi connectivity index (χ2n) is 0.309.